The number of aromatic carboxylic acids is 1. The van der Waals surface area contributed by atoms with E-state index in [0.717, 1.165) is 0 Å². The van der Waals surface area contributed by atoms with Gasteiger partial charge in [-0.3, -0.25) is 4.68 Å². The molecule has 0 atom stereocenters. The van der Waals surface area contributed by atoms with Crippen molar-refractivity contribution in [3.63, 3.8) is 0 Å². The van der Waals surface area contributed by atoms with Crippen LogP contribution in [0.4, 0.5) is 5.82 Å². The summed E-state index contributed by atoms with van der Waals surface area (Å²) in [6.07, 6.45) is 4.87. The second-order valence-corrected chi connectivity index (χ2v) is 3.96. The Morgan fingerprint density at radius 1 is 1.56 bits per heavy atom. The van der Waals surface area contributed by atoms with Gasteiger partial charge in [-0.2, -0.15) is 5.10 Å². The van der Waals surface area contributed by atoms with Crippen molar-refractivity contribution in [2.75, 3.05) is 11.9 Å². The van der Waals surface area contributed by atoms with E-state index < -0.39 is 5.97 Å². The summed E-state index contributed by atoms with van der Waals surface area (Å²) in [7, 11) is 0. The summed E-state index contributed by atoms with van der Waals surface area (Å²) in [5, 5.41) is 16.1. The summed E-state index contributed by atoms with van der Waals surface area (Å²) in [5.74, 6) is -0.596. The lowest BCUT2D eigenvalue weighted by Gasteiger charge is -2.07. The molecule has 0 amide bonds. The van der Waals surface area contributed by atoms with E-state index >= 15 is 0 Å². The standard InChI is InChI=1S/C11H11ClN4O2/c12-9-7-14-10(6-8(9)11(17)18)13-3-5-16-4-1-2-15-16/h1-2,4,6-7H,3,5H2,(H,13,14)(H,17,18). The van der Waals surface area contributed by atoms with Crippen LogP contribution in [0.15, 0.2) is 30.7 Å². The molecule has 94 valence electrons. The zero-order chi connectivity index (χ0) is 13.0. The fraction of sp³-hybridized carbons (Fsp3) is 0.182. The van der Waals surface area contributed by atoms with Crippen LogP contribution >= 0.6 is 11.6 Å². The number of halogens is 1. The molecule has 2 rings (SSSR count). The van der Waals surface area contributed by atoms with Gasteiger partial charge in [-0.15, -0.1) is 0 Å². The highest BCUT2D eigenvalue weighted by atomic mass is 35.5. The van der Waals surface area contributed by atoms with Crippen molar-refractivity contribution >= 4 is 23.4 Å². The smallest absolute Gasteiger partial charge is 0.337 e. The van der Waals surface area contributed by atoms with E-state index in [0.29, 0.717) is 18.9 Å². The van der Waals surface area contributed by atoms with Gasteiger partial charge in [0.1, 0.15) is 5.82 Å². The van der Waals surface area contributed by atoms with Gasteiger partial charge in [-0.25, -0.2) is 9.78 Å². The molecule has 0 radical (unpaired) electrons. The number of carboxylic acids is 1. The fourth-order valence-corrected chi connectivity index (χ4v) is 1.61. The molecular formula is C11H11ClN4O2. The van der Waals surface area contributed by atoms with Gasteiger partial charge in [0.25, 0.3) is 0 Å². The lowest BCUT2D eigenvalue weighted by molar-refractivity contribution is 0.0697. The van der Waals surface area contributed by atoms with E-state index in [1.165, 1.54) is 12.3 Å². The molecule has 0 unspecified atom stereocenters. The highest BCUT2D eigenvalue weighted by Gasteiger charge is 2.09. The minimum Gasteiger partial charge on any atom is -0.478 e. The van der Waals surface area contributed by atoms with E-state index in [4.69, 9.17) is 16.7 Å². The number of anilines is 1. The molecule has 0 saturated heterocycles. The third-order valence-electron chi connectivity index (χ3n) is 2.29. The number of aromatic nitrogens is 3. The number of nitrogens with one attached hydrogen (secondary N) is 1. The molecular weight excluding hydrogens is 256 g/mol. The molecule has 7 heteroatoms. The van der Waals surface area contributed by atoms with Gasteiger partial charge < -0.3 is 10.4 Å². The van der Waals surface area contributed by atoms with Crippen LogP contribution in [0.1, 0.15) is 10.4 Å². The van der Waals surface area contributed by atoms with Crippen molar-refractivity contribution in [3.05, 3.63) is 41.3 Å². The number of carboxylic acid groups (broad SMARTS) is 1. The molecule has 2 aromatic rings. The van der Waals surface area contributed by atoms with Crippen molar-refractivity contribution < 1.29 is 9.90 Å². The lowest BCUT2D eigenvalue weighted by Crippen LogP contribution is -2.12. The van der Waals surface area contributed by atoms with Crippen LogP contribution in [0.2, 0.25) is 5.02 Å². The average Bonchev–Trinajstić information content (AvgIpc) is 2.84. The van der Waals surface area contributed by atoms with Gasteiger partial charge in [0.15, 0.2) is 0 Å². The van der Waals surface area contributed by atoms with Crippen molar-refractivity contribution in [1.82, 2.24) is 14.8 Å². The van der Waals surface area contributed by atoms with Crippen LogP contribution in [-0.4, -0.2) is 32.4 Å². The van der Waals surface area contributed by atoms with E-state index in [-0.39, 0.29) is 10.6 Å². The molecule has 2 heterocycles. The Hall–Kier alpha value is -2.08. The zero-order valence-electron chi connectivity index (χ0n) is 9.38. The maximum Gasteiger partial charge on any atom is 0.337 e. The number of rotatable bonds is 5. The molecule has 0 bridgehead atoms. The topological polar surface area (TPSA) is 80.0 Å². The van der Waals surface area contributed by atoms with Crippen molar-refractivity contribution in [1.29, 1.82) is 0 Å². The Kier molecular flexibility index (Phi) is 3.78. The SMILES string of the molecule is O=C(O)c1cc(NCCn2cccn2)ncc1Cl. The minimum atomic E-state index is -1.07. The Bertz CT molecular complexity index is 542. The van der Waals surface area contributed by atoms with E-state index in [1.54, 1.807) is 10.9 Å². The van der Waals surface area contributed by atoms with Crippen molar-refractivity contribution in [2.24, 2.45) is 0 Å². The third-order valence-corrected chi connectivity index (χ3v) is 2.59. The minimum absolute atomic E-state index is 0.0354. The fourth-order valence-electron chi connectivity index (χ4n) is 1.43. The zero-order valence-corrected chi connectivity index (χ0v) is 10.1. The van der Waals surface area contributed by atoms with Crippen molar-refractivity contribution in [3.8, 4) is 0 Å². The molecule has 0 fully saturated rings. The van der Waals surface area contributed by atoms with Gasteiger partial charge in [-0.1, -0.05) is 11.6 Å². The quantitative estimate of drug-likeness (QED) is 0.862. The summed E-state index contributed by atoms with van der Waals surface area (Å²) in [6, 6.07) is 3.25. The van der Waals surface area contributed by atoms with Crippen LogP contribution in [-0.2, 0) is 6.54 Å². The average molecular weight is 267 g/mol. The summed E-state index contributed by atoms with van der Waals surface area (Å²) in [4.78, 5) is 14.9. The van der Waals surface area contributed by atoms with E-state index in [2.05, 4.69) is 15.4 Å². The number of nitrogens with zero attached hydrogens (tertiary/aromatic N) is 3. The molecule has 2 N–H and O–H groups in total. The van der Waals surface area contributed by atoms with Crippen LogP contribution in [0.5, 0.6) is 0 Å². The summed E-state index contributed by atoms with van der Waals surface area (Å²) >= 11 is 5.72. The predicted molar refractivity (Wildman–Crippen MR) is 66.9 cm³/mol. The number of hydrogen-bond donors (Lipinski definition) is 2. The van der Waals surface area contributed by atoms with Crippen LogP contribution < -0.4 is 5.32 Å². The van der Waals surface area contributed by atoms with Crippen LogP contribution in [0.3, 0.4) is 0 Å². The number of carbonyl (C=O) groups is 1. The molecule has 2 aromatic heterocycles. The first kappa shape index (κ1) is 12.4. The predicted octanol–water partition coefficient (Wildman–Crippen LogP) is 1.74. The van der Waals surface area contributed by atoms with E-state index in [1.807, 2.05) is 12.3 Å². The monoisotopic (exact) mass is 266 g/mol. The third kappa shape index (κ3) is 2.98. The van der Waals surface area contributed by atoms with Gasteiger partial charge in [0.05, 0.1) is 17.1 Å². The first-order valence-electron chi connectivity index (χ1n) is 5.27. The first-order chi connectivity index (χ1) is 8.66. The number of hydrogen-bond acceptors (Lipinski definition) is 4. The Morgan fingerprint density at radius 3 is 3.06 bits per heavy atom. The number of pyridine rings is 1. The maximum absolute atomic E-state index is 10.9. The highest BCUT2D eigenvalue weighted by Crippen LogP contribution is 2.17. The molecule has 0 aliphatic carbocycles. The molecule has 0 aromatic carbocycles. The van der Waals surface area contributed by atoms with Gasteiger partial charge in [0.2, 0.25) is 0 Å². The van der Waals surface area contributed by atoms with Crippen molar-refractivity contribution in [2.45, 2.75) is 6.54 Å². The second kappa shape index (κ2) is 5.50. The van der Waals surface area contributed by atoms with Gasteiger partial charge >= 0.3 is 5.97 Å². The first-order valence-corrected chi connectivity index (χ1v) is 5.65. The maximum atomic E-state index is 10.9. The molecule has 0 saturated carbocycles. The molecule has 18 heavy (non-hydrogen) atoms. The second-order valence-electron chi connectivity index (χ2n) is 3.55. The lowest BCUT2D eigenvalue weighted by atomic mass is 10.2. The Balaban J connectivity index is 1.97. The molecule has 0 aliphatic heterocycles. The van der Waals surface area contributed by atoms with Gasteiger partial charge in [0, 0.05) is 25.1 Å². The van der Waals surface area contributed by atoms with Gasteiger partial charge in [-0.05, 0) is 12.1 Å². The summed E-state index contributed by atoms with van der Waals surface area (Å²) in [6.45, 7) is 1.26. The normalized spacial score (nSPS) is 10.3. The molecule has 6 nitrogen and oxygen atoms in total. The Labute approximate surface area is 108 Å². The molecule has 0 aliphatic rings. The van der Waals surface area contributed by atoms with E-state index in [9.17, 15) is 4.79 Å². The van der Waals surface area contributed by atoms with Crippen LogP contribution in [0.25, 0.3) is 0 Å². The van der Waals surface area contributed by atoms with Crippen LogP contribution in [0, 0.1) is 0 Å². The molecule has 0 spiro atoms. The summed E-state index contributed by atoms with van der Waals surface area (Å²) < 4.78 is 1.76. The Morgan fingerprint density at radius 2 is 2.39 bits per heavy atom. The largest absolute Gasteiger partial charge is 0.478 e. The summed E-state index contributed by atoms with van der Waals surface area (Å²) in [5.41, 5.74) is 0.0354. The highest BCUT2D eigenvalue weighted by molar-refractivity contribution is 6.33.